The summed E-state index contributed by atoms with van der Waals surface area (Å²) in [5, 5.41) is 20.3. The lowest BCUT2D eigenvalue weighted by Crippen LogP contribution is -2.26. The summed E-state index contributed by atoms with van der Waals surface area (Å²) in [5.74, 6) is 0. The number of aliphatic hydroxyl groups excluding tert-OH is 1. The zero-order chi connectivity index (χ0) is 15.6. The lowest BCUT2D eigenvalue weighted by molar-refractivity contribution is -0.0370. The summed E-state index contributed by atoms with van der Waals surface area (Å²) in [4.78, 5) is 0. The highest BCUT2D eigenvalue weighted by Crippen LogP contribution is 2.12. The van der Waals surface area contributed by atoms with E-state index in [1.807, 2.05) is 0 Å². The van der Waals surface area contributed by atoms with Gasteiger partial charge in [0.05, 0.1) is 0 Å². The molecular formula is C18H39NO2. The van der Waals surface area contributed by atoms with Crippen LogP contribution in [0.5, 0.6) is 0 Å². The highest BCUT2D eigenvalue weighted by atomic mass is 16.5. The molecule has 0 fully saturated rings. The number of aliphatic hydroxyl groups is 2. The van der Waals surface area contributed by atoms with Gasteiger partial charge in [-0.25, -0.2) is 0 Å². The van der Waals surface area contributed by atoms with Crippen molar-refractivity contribution in [2.24, 2.45) is 0 Å². The number of hydrogen-bond donors (Lipinski definition) is 3. The fourth-order valence-electron chi connectivity index (χ4n) is 2.68. The first-order valence-corrected chi connectivity index (χ1v) is 9.34. The fraction of sp³-hybridized carbons (Fsp3) is 1.00. The van der Waals surface area contributed by atoms with Gasteiger partial charge in [0.2, 0.25) is 0 Å². The summed E-state index contributed by atoms with van der Waals surface area (Å²) in [6, 6.07) is 0. The molecule has 0 aromatic heterocycles. The molecule has 0 amide bonds. The minimum absolute atomic E-state index is 0.290. The third-order valence-corrected chi connectivity index (χ3v) is 4.03. The van der Waals surface area contributed by atoms with E-state index in [9.17, 15) is 0 Å². The Bertz CT molecular complexity index is 186. The smallest absolute Gasteiger partial charge is 0.164 e. The van der Waals surface area contributed by atoms with E-state index in [2.05, 4.69) is 12.2 Å². The SMILES string of the molecule is CCCCCCCCCCCCCCCCNCC(O)O. The summed E-state index contributed by atoms with van der Waals surface area (Å²) < 4.78 is 0. The predicted molar refractivity (Wildman–Crippen MR) is 91.4 cm³/mol. The normalized spacial score (nSPS) is 11.4. The van der Waals surface area contributed by atoms with Gasteiger partial charge in [0.25, 0.3) is 0 Å². The molecule has 0 bridgehead atoms. The highest BCUT2D eigenvalue weighted by molar-refractivity contribution is 4.51. The van der Waals surface area contributed by atoms with Crippen molar-refractivity contribution in [1.29, 1.82) is 0 Å². The molecule has 0 aliphatic carbocycles. The van der Waals surface area contributed by atoms with E-state index in [0.29, 0.717) is 6.54 Å². The Labute approximate surface area is 132 Å². The van der Waals surface area contributed by atoms with Gasteiger partial charge in [-0.3, -0.25) is 0 Å². The Morgan fingerprint density at radius 1 is 0.619 bits per heavy atom. The minimum Gasteiger partial charge on any atom is -0.367 e. The Morgan fingerprint density at radius 3 is 1.38 bits per heavy atom. The van der Waals surface area contributed by atoms with Crippen LogP contribution in [0.1, 0.15) is 96.8 Å². The average molecular weight is 302 g/mol. The van der Waals surface area contributed by atoms with Crippen LogP contribution in [-0.2, 0) is 0 Å². The Hall–Kier alpha value is -0.120. The molecule has 0 atom stereocenters. The third-order valence-electron chi connectivity index (χ3n) is 4.03. The van der Waals surface area contributed by atoms with Crippen LogP contribution in [0.2, 0.25) is 0 Å². The van der Waals surface area contributed by atoms with Gasteiger partial charge in [-0.1, -0.05) is 90.4 Å². The minimum atomic E-state index is -1.21. The van der Waals surface area contributed by atoms with Gasteiger partial charge in [-0.15, -0.1) is 0 Å². The van der Waals surface area contributed by atoms with Crippen molar-refractivity contribution in [1.82, 2.24) is 5.32 Å². The van der Waals surface area contributed by atoms with Crippen LogP contribution >= 0.6 is 0 Å². The molecule has 0 aliphatic rings. The second-order valence-electron chi connectivity index (χ2n) is 6.28. The topological polar surface area (TPSA) is 52.5 Å². The van der Waals surface area contributed by atoms with Crippen LogP contribution in [0.25, 0.3) is 0 Å². The average Bonchev–Trinajstić information content (AvgIpc) is 2.46. The van der Waals surface area contributed by atoms with Crippen LogP contribution in [0.4, 0.5) is 0 Å². The van der Waals surface area contributed by atoms with Crippen LogP contribution in [0, 0.1) is 0 Å². The highest BCUT2D eigenvalue weighted by Gasteiger charge is 1.96. The molecule has 0 saturated heterocycles. The Morgan fingerprint density at radius 2 is 1.00 bits per heavy atom. The van der Waals surface area contributed by atoms with Gasteiger partial charge in [0.15, 0.2) is 6.29 Å². The summed E-state index contributed by atoms with van der Waals surface area (Å²) in [7, 11) is 0. The molecule has 3 heteroatoms. The maximum absolute atomic E-state index is 8.66. The van der Waals surface area contributed by atoms with Crippen LogP contribution < -0.4 is 5.32 Å². The molecule has 0 aromatic rings. The van der Waals surface area contributed by atoms with E-state index in [1.165, 1.54) is 83.5 Å². The van der Waals surface area contributed by atoms with Crippen LogP contribution in [0.3, 0.4) is 0 Å². The van der Waals surface area contributed by atoms with Crippen molar-refractivity contribution in [3.63, 3.8) is 0 Å². The van der Waals surface area contributed by atoms with Gasteiger partial charge in [0, 0.05) is 6.54 Å². The van der Waals surface area contributed by atoms with E-state index in [-0.39, 0.29) is 0 Å². The molecule has 0 spiro atoms. The van der Waals surface area contributed by atoms with Crippen molar-refractivity contribution < 1.29 is 10.2 Å². The molecule has 3 nitrogen and oxygen atoms in total. The first-order chi connectivity index (χ1) is 10.3. The van der Waals surface area contributed by atoms with E-state index < -0.39 is 6.29 Å². The van der Waals surface area contributed by atoms with E-state index in [4.69, 9.17) is 10.2 Å². The number of unbranched alkanes of at least 4 members (excludes halogenated alkanes) is 13. The Kier molecular flexibility index (Phi) is 17.8. The quantitative estimate of drug-likeness (QED) is 0.276. The molecule has 0 rings (SSSR count). The molecule has 3 N–H and O–H groups in total. The van der Waals surface area contributed by atoms with Gasteiger partial charge in [-0.05, 0) is 13.0 Å². The van der Waals surface area contributed by atoms with Gasteiger partial charge < -0.3 is 15.5 Å². The Balaban J connectivity index is 2.93. The van der Waals surface area contributed by atoms with Crippen molar-refractivity contribution in [3.05, 3.63) is 0 Å². The predicted octanol–water partition coefficient (Wildman–Crippen LogP) is 4.37. The maximum atomic E-state index is 8.66. The molecule has 21 heavy (non-hydrogen) atoms. The molecule has 0 aliphatic heterocycles. The number of hydrogen-bond acceptors (Lipinski definition) is 3. The lowest BCUT2D eigenvalue weighted by atomic mass is 10.0. The summed E-state index contributed by atoms with van der Waals surface area (Å²) in [5.41, 5.74) is 0. The van der Waals surface area contributed by atoms with Crippen molar-refractivity contribution in [2.75, 3.05) is 13.1 Å². The molecular weight excluding hydrogens is 262 g/mol. The van der Waals surface area contributed by atoms with Gasteiger partial charge in [0.1, 0.15) is 0 Å². The maximum Gasteiger partial charge on any atom is 0.164 e. The monoisotopic (exact) mass is 301 g/mol. The largest absolute Gasteiger partial charge is 0.367 e. The van der Waals surface area contributed by atoms with Crippen molar-refractivity contribution >= 4 is 0 Å². The molecule has 0 saturated carbocycles. The summed E-state index contributed by atoms with van der Waals surface area (Å²) in [6.07, 6.45) is 18.0. The standard InChI is InChI=1S/C18H39NO2/c1-2-3-4-5-6-7-8-9-10-11-12-13-14-15-16-19-17-18(20)21/h18-21H,2-17H2,1H3. The van der Waals surface area contributed by atoms with E-state index >= 15 is 0 Å². The molecule has 0 radical (unpaired) electrons. The van der Waals surface area contributed by atoms with Crippen LogP contribution in [-0.4, -0.2) is 29.6 Å². The van der Waals surface area contributed by atoms with Crippen molar-refractivity contribution in [3.8, 4) is 0 Å². The van der Waals surface area contributed by atoms with Gasteiger partial charge >= 0.3 is 0 Å². The van der Waals surface area contributed by atoms with E-state index in [1.54, 1.807) is 0 Å². The summed E-state index contributed by atoms with van der Waals surface area (Å²) in [6.45, 7) is 3.46. The zero-order valence-electron chi connectivity index (χ0n) is 14.3. The van der Waals surface area contributed by atoms with Crippen molar-refractivity contribution in [2.45, 2.75) is 103 Å². The first kappa shape index (κ1) is 20.9. The second kappa shape index (κ2) is 17.9. The first-order valence-electron chi connectivity index (χ1n) is 9.34. The lowest BCUT2D eigenvalue weighted by Gasteiger charge is -2.06. The molecule has 0 heterocycles. The fourth-order valence-corrected chi connectivity index (χ4v) is 2.68. The zero-order valence-corrected chi connectivity index (χ0v) is 14.3. The van der Waals surface area contributed by atoms with Gasteiger partial charge in [-0.2, -0.15) is 0 Å². The number of rotatable bonds is 17. The molecule has 0 aromatic carbocycles. The summed E-state index contributed by atoms with van der Waals surface area (Å²) >= 11 is 0. The van der Waals surface area contributed by atoms with E-state index in [0.717, 1.165) is 13.0 Å². The van der Waals surface area contributed by atoms with Crippen LogP contribution in [0.15, 0.2) is 0 Å². The number of nitrogens with one attached hydrogen (secondary N) is 1. The second-order valence-corrected chi connectivity index (χ2v) is 6.28. The molecule has 0 unspecified atom stereocenters. The third kappa shape index (κ3) is 19.9. The molecule has 128 valence electrons.